The first kappa shape index (κ1) is 67.4. The van der Waals surface area contributed by atoms with Gasteiger partial charge in [0.15, 0.2) is 0 Å². The Morgan fingerprint density at radius 2 is 0.877 bits per heavy atom. The molecule has 18 heteroatoms. The first-order valence-electron chi connectivity index (χ1n) is 20.2. The van der Waals surface area contributed by atoms with Crippen LogP contribution in [-0.4, -0.2) is 111 Å². The van der Waals surface area contributed by atoms with Crippen molar-refractivity contribution in [2.45, 2.75) is 135 Å². The molecule has 0 saturated heterocycles. The van der Waals surface area contributed by atoms with Gasteiger partial charge in [0.05, 0.1) is 12.1 Å². The number of nitrogens with two attached hydrogens (primary N) is 4. The zero-order valence-corrected chi connectivity index (χ0v) is 39.0. The lowest BCUT2D eigenvalue weighted by Gasteiger charge is -2.24. The fourth-order valence-electron chi connectivity index (χ4n) is 5.60. The fourth-order valence-corrected chi connectivity index (χ4v) is 5.60. The van der Waals surface area contributed by atoms with Crippen LogP contribution in [0.4, 0.5) is 0 Å². The fraction of sp³-hybridized carbons (Fsp3) is 0.795. The SMILES string of the molecule is CC/C=C\CCC(=O)N(CCCCNCCCN(CCCNC(=O)[C@H](N)CCCCN)C(=O)CC/C=C\CC)CCCNC(=O)[C@H](N)CCCCN.Cl.Cl.Cl.Cl.Cl. The molecular formula is C39H82Cl5N9O4. The Morgan fingerprint density at radius 1 is 0.509 bits per heavy atom. The van der Waals surface area contributed by atoms with Crippen LogP contribution in [0.5, 0.6) is 0 Å². The van der Waals surface area contributed by atoms with Crippen LogP contribution in [0.1, 0.15) is 123 Å². The zero-order chi connectivity index (χ0) is 38.7. The highest BCUT2D eigenvalue weighted by Gasteiger charge is 2.16. The van der Waals surface area contributed by atoms with E-state index in [1.165, 1.54) is 0 Å². The number of hydrogen-bond donors (Lipinski definition) is 7. The van der Waals surface area contributed by atoms with Gasteiger partial charge < -0.3 is 48.7 Å². The van der Waals surface area contributed by atoms with Crippen LogP contribution in [0.25, 0.3) is 0 Å². The third-order valence-corrected chi connectivity index (χ3v) is 8.79. The van der Waals surface area contributed by atoms with Crippen molar-refractivity contribution in [3.63, 3.8) is 0 Å². The second-order valence-corrected chi connectivity index (χ2v) is 13.5. The predicted octanol–water partition coefficient (Wildman–Crippen LogP) is 4.93. The second-order valence-electron chi connectivity index (χ2n) is 13.5. The Bertz CT molecular complexity index is 928. The topological polar surface area (TPSA) is 215 Å². The van der Waals surface area contributed by atoms with E-state index in [9.17, 15) is 19.2 Å². The number of carbonyl (C=O) groups excluding carboxylic acids is 4. The van der Waals surface area contributed by atoms with Crippen LogP contribution in [0.15, 0.2) is 24.3 Å². The molecule has 0 heterocycles. The molecule has 0 aliphatic heterocycles. The highest BCUT2D eigenvalue weighted by atomic mass is 35.5. The summed E-state index contributed by atoms with van der Waals surface area (Å²) in [6.07, 6.45) is 21.2. The van der Waals surface area contributed by atoms with Gasteiger partial charge in [-0.2, -0.15) is 0 Å². The number of allylic oxidation sites excluding steroid dienone is 4. The van der Waals surface area contributed by atoms with Crippen molar-refractivity contribution in [2.24, 2.45) is 22.9 Å². The Hall–Kier alpha value is -1.39. The summed E-state index contributed by atoms with van der Waals surface area (Å²) in [6.45, 7) is 10.4. The van der Waals surface area contributed by atoms with Crippen molar-refractivity contribution in [2.75, 3.05) is 65.4 Å². The molecule has 0 fully saturated rings. The van der Waals surface area contributed by atoms with Crippen LogP contribution in [-0.2, 0) is 19.2 Å². The van der Waals surface area contributed by atoms with E-state index in [-0.39, 0.29) is 85.7 Å². The molecule has 0 rings (SSSR count). The van der Waals surface area contributed by atoms with Gasteiger partial charge in [-0.1, -0.05) is 51.0 Å². The summed E-state index contributed by atoms with van der Waals surface area (Å²) in [4.78, 5) is 54.5. The smallest absolute Gasteiger partial charge is 0.236 e. The Balaban J connectivity index is -0.00000130. The van der Waals surface area contributed by atoms with E-state index in [0.717, 1.165) is 83.7 Å². The maximum absolute atomic E-state index is 13.0. The van der Waals surface area contributed by atoms with Gasteiger partial charge >= 0.3 is 0 Å². The van der Waals surface area contributed by atoms with Crippen molar-refractivity contribution < 1.29 is 19.2 Å². The highest BCUT2D eigenvalue weighted by molar-refractivity contribution is 5.86. The van der Waals surface area contributed by atoms with Crippen LogP contribution < -0.4 is 38.9 Å². The van der Waals surface area contributed by atoms with E-state index >= 15 is 0 Å². The number of amides is 4. The van der Waals surface area contributed by atoms with E-state index in [1.54, 1.807) is 0 Å². The van der Waals surface area contributed by atoms with Gasteiger partial charge in [-0.05, 0) is 110 Å². The Labute approximate surface area is 376 Å². The van der Waals surface area contributed by atoms with Crippen LogP contribution in [0, 0.1) is 0 Å². The molecule has 0 aromatic rings. The lowest BCUT2D eigenvalue weighted by atomic mass is 10.1. The second kappa shape index (κ2) is 49.0. The van der Waals surface area contributed by atoms with Gasteiger partial charge in [-0.3, -0.25) is 19.2 Å². The molecule has 0 aromatic heterocycles. The summed E-state index contributed by atoms with van der Waals surface area (Å²) in [6, 6.07) is -1.06. The minimum absolute atomic E-state index is 0. The first-order valence-corrected chi connectivity index (χ1v) is 20.2. The molecule has 0 bridgehead atoms. The molecule has 11 N–H and O–H groups in total. The van der Waals surface area contributed by atoms with Gasteiger partial charge in [0, 0.05) is 52.1 Å². The Morgan fingerprint density at radius 3 is 1.26 bits per heavy atom. The first-order chi connectivity index (χ1) is 25.2. The highest BCUT2D eigenvalue weighted by Crippen LogP contribution is 2.06. The third kappa shape index (κ3) is 39.8. The van der Waals surface area contributed by atoms with Gasteiger partial charge in [0.1, 0.15) is 0 Å². The number of nitrogens with zero attached hydrogens (tertiary/aromatic N) is 2. The molecular weight excluding hydrogens is 836 g/mol. The molecule has 0 unspecified atom stereocenters. The van der Waals surface area contributed by atoms with E-state index < -0.39 is 12.1 Å². The molecule has 342 valence electrons. The summed E-state index contributed by atoms with van der Waals surface area (Å²) >= 11 is 0. The molecule has 4 amide bonds. The molecule has 0 saturated carbocycles. The van der Waals surface area contributed by atoms with E-state index in [4.69, 9.17) is 22.9 Å². The number of unbranched alkanes of at least 4 members (excludes halogenated alkanes) is 3. The van der Waals surface area contributed by atoms with Crippen molar-refractivity contribution in [3.8, 4) is 0 Å². The molecule has 57 heavy (non-hydrogen) atoms. The largest absolute Gasteiger partial charge is 0.355 e. The van der Waals surface area contributed by atoms with Crippen molar-refractivity contribution in [1.82, 2.24) is 25.8 Å². The summed E-state index contributed by atoms with van der Waals surface area (Å²) in [5, 5.41) is 9.32. The lowest BCUT2D eigenvalue weighted by molar-refractivity contribution is -0.132. The molecule has 0 spiro atoms. The molecule has 0 aliphatic rings. The number of carbonyl (C=O) groups is 4. The minimum atomic E-state index is -0.529. The third-order valence-electron chi connectivity index (χ3n) is 8.79. The maximum atomic E-state index is 13.0. The number of halogens is 5. The zero-order valence-electron chi connectivity index (χ0n) is 34.9. The predicted molar refractivity (Wildman–Crippen MR) is 250 cm³/mol. The number of nitrogens with one attached hydrogen (secondary N) is 3. The lowest BCUT2D eigenvalue weighted by Crippen LogP contribution is -2.42. The van der Waals surface area contributed by atoms with Gasteiger partial charge in [-0.25, -0.2) is 0 Å². The number of hydrogen-bond acceptors (Lipinski definition) is 9. The quantitative estimate of drug-likeness (QED) is 0.0339. The minimum Gasteiger partial charge on any atom is -0.355 e. The monoisotopic (exact) mass is 915 g/mol. The summed E-state index contributed by atoms with van der Waals surface area (Å²) < 4.78 is 0. The van der Waals surface area contributed by atoms with E-state index in [2.05, 4.69) is 54.1 Å². The summed E-state index contributed by atoms with van der Waals surface area (Å²) in [5.74, 6) is -0.0375. The molecule has 0 radical (unpaired) electrons. The van der Waals surface area contributed by atoms with Crippen molar-refractivity contribution in [3.05, 3.63) is 24.3 Å². The normalized spacial score (nSPS) is 11.5. The van der Waals surface area contributed by atoms with Gasteiger partial charge in [-0.15, -0.1) is 62.0 Å². The van der Waals surface area contributed by atoms with Gasteiger partial charge in [0.2, 0.25) is 23.6 Å². The summed E-state index contributed by atoms with van der Waals surface area (Å²) in [7, 11) is 0. The van der Waals surface area contributed by atoms with Crippen molar-refractivity contribution >= 4 is 85.7 Å². The van der Waals surface area contributed by atoms with Crippen LogP contribution in [0.2, 0.25) is 0 Å². The molecule has 2 atom stereocenters. The van der Waals surface area contributed by atoms with Crippen LogP contribution in [0.3, 0.4) is 0 Å². The van der Waals surface area contributed by atoms with Crippen molar-refractivity contribution in [1.29, 1.82) is 0 Å². The van der Waals surface area contributed by atoms with E-state index in [0.29, 0.717) is 90.9 Å². The molecule has 0 aliphatic carbocycles. The standard InChI is InChI=1S/C39H77N9O4.5ClH/c1-3-5-7-9-22-36(49)47(32-18-28-45-38(51)34(42)20-11-13-24-40)30-16-15-26-44-27-17-31-48(37(50)23-10-8-6-4-2)33-19-29-46-39(52)35(43)21-12-14-25-41;;;;;/h5-8,34-35,44H,3-4,9-33,40-43H2,1-2H3,(H,45,51)(H,46,52);5*1H/b7-5-,8-6-;;;;;/t34-,35-;;;;;/m1...../s1. The van der Waals surface area contributed by atoms with Gasteiger partial charge in [0.25, 0.3) is 0 Å². The number of rotatable bonds is 35. The molecule has 13 nitrogen and oxygen atoms in total. The molecule has 0 aromatic carbocycles. The van der Waals surface area contributed by atoms with Crippen LogP contribution >= 0.6 is 62.0 Å². The van der Waals surface area contributed by atoms with E-state index in [1.807, 2.05) is 9.80 Å². The maximum Gasteiger partial charge on any atom is 0.236 e. The Kier molecular flexibility index (Phi) is 57.9. The average Bonchev–Trinajstić information content (AvgIpc) is 3.14. The average molecular weight is 918 g/mol. The summed E-state index contributed by atoms with van der Waals surface area (Å²) in [5.41, 5.74) is 23.0.